The van der Waals surface area contributed by atoms with Crippen molar-refractivity contribution in [2.45, 2.75) is 58.9 Å². The summed E-state index contributed by atoms with van der Waals surface area (Å²) in [7, 11) is -3.11. The number of hydrogen-bond acceptors (Lipinski definition) is 3. The van der Waals surface area contributed by atoms with Crippen LogP contribution in [0.1, 0.15) is 53.4 Å². The first-order valence-corrected chi connectivity index (χ1v) is 9.18. The molecule has 0 saturated carbocycles. The minimum Gasteiger partial charge on any atom is -0.351 e. The van der Waals surface area contributed by atoms with Gasteiger partial charge in [-0.15, -0.1) is 0 Å². The lowest BCUT2D eigenvalue weighted by molar-refractivity contribution is -0.128. The lowest BCUT2D eigenvalue weighted by atomic mass is 9.91. The number of nitrogens with zero attached hydrogens (tertiary/aromatic N) is 1. The molecule has 0 radical (unpaired) electrons. The maximum absolute atomic E-state index is 12.3. The van der Waals surface area contributed by atoms with Crippen LogP contribution in [0.3, 0.4) is 0 Å². The van der Waals surface area contributed by atoms with Gasteiger partial charge < -0.3 is 5.32 Å². The fourth-order valence-electron chi connectivity index (χ4n) is 2.41. The number of rotatable bonds is 6. The first-order chi connectivity index (χ1) is 9.28. The molecular formula is C14H28N2O3S. The predicted molar refractivity (Wildman–Crippen MR) is 80.9 cm³/mol. The highest BCUT2D eigenvalue weighted by Gasteiger charge is 2.32. The van der Waals surface area contributed by atoms with E-state index >= 15 is 0 Å². The summed E-state index contributed by atoms with van der Waals surface area (Å²) in [5.41, 5.74) is -0.149. The van der Waals surface area contributed by atoms with Gasteiger partial charge in [-0.1, -0.05) is 13.8 Å². The number of hydrogen-bond donors (Lipinski definition) is 1. The van der Waals surface area contributed by atoms with Gasteiger partial charge in [-0.25, -0.2) is 12.7 Å². The van der Waals surface area contributed by atoms with Gasteiger partial charge in [0.15, 0.2) is 0 Å². The Morgan fingerprint density at radius 1 is 1.20 bits per heavy atom. The van der Waals surface area contributed by atoms with Crippen LogP contribution in [0.4, 0.5) is 0 Å². The van der Waals surface area contributed by atoms with Crippen molar-refractivity contribution < 1.29 is 13.2 Å². The summed E-state index contributed by atoms with van der Waals surface area (Å²) < 4.78 is 25.1. The van der Waals surface area contributed by atoms with E-state index in [2.05, 4.69) is 26.1 Å². The lowest BCUT2D eigenvalue weighted by Crippen LogP contribution is -2.50. The van der Waals surface area contributed by atoms with E-state index in [4.69, 9.17) is 0 Å². The lowest BCUT2D eigenvalue weighted by Gasteiger charge is -2.34. The van der Waals surface area contributed by atoms with Crippen LogP contribution in [0.2, 0.25) is 0 Å². The third-order valence-corrected chi connectivity index (χ3v) is 6.45. The number of carbonyl (C=O) groups excluding carboxylic acids is 1. The number of carbonyl (C=O) groups is 1. The first-order valence-electron chi connectivity index (χ1n) is 7.57. The largest absolute Gasteiger partial charge is 0.351 e. The fraction of sp³-hybridized carbons (Fsp3) is 0.929. The molecule has 0 bridgehead atoms. The Morgan fingerprint density at radius 2 is 1.70 bits per heavy atom. The summed E-state index contributed by atoms with van der Waals surface area (Å²) in [5.74, 6) is 0.147. The van der Waals surface area contributed by atoms with Crippen LogP contribution in [0.15, 0.2) is 0 Å². The van der Waals surface area contributed by atoms with Crippen molar-refractivity contribution in [1.82, 2.24) is 9.62 Å². The summed E-state index contributed by atoms with van der Waals surface area (Å²) in [4.78, 5) is 12.3. The molecule has 0 atom stereocenters. The normalized spacial score (nSPS) is 19.0. The van der Waals surface area contributed by atoms with E-state index in [1.165, 1.54) is 4.31 Å². The highest BCUT2D eigenvalue weighted by molar-refractivity contribution is 7.89. The maximum atomic E-state index is 12.3. The molecule has 0 aromatic rings. The molecule has 1 heterocycles. The zero-order chi connectivity index (χ0) is 15.4. The van der Waals surface area contributed by atoms with E-state index < -0.39 is 10.0 Å². The second-order valence-corrected chi connectivity index (χ2v) is 8.09. The fourth-order valence-corrected chi connectivity index (χ4v) is 3.54. The molecule has 1 rings (SSSR count). The monoisotopic (exact) mass is 304 g/mol. The SMILES string of the molecule is CCC(C)(CC)NC(=O)C1CCN(S(=O)(=O)CC)CC1. The summed E-state index contributed by atoms with van der Waals surface area (Å²) in [6.45, 7) is 8.77. The van der Waals surface area contributed by atoms with Crippen LogP contribution >= 0.6 is 0 Å². The van der Waals surface area contributed by atoms with Gasteiger partial charge in [-0.2, -0.15) is 0 Å². The summed E-state index contributed by atoms with van der Waals surface area (Å²) in [6.07, 6.45) is 3.04. The van der Waals surface area contributed by atoms with Crippen LogP contribution in [0.25, 0.3) is 0 Å². The van der Waals surface area contributed by atoms with E-state index in [0.29, 0.717) is 25.9 Å². The van der Waals surface area contributed by atoms with E-state index in [1.807, 2.05) is 0 Å². The van der Waals surface area contributed by atoms with Crippen molar-refractivity contribution in [2.24, 2.45) is 5.92 Å². The zero-order valence-electron chi connectivity index (χ0n) is 13.1. The van der Waals surface area contributed by atoms with Crippen molar-refractivity contribution in [1.29, 1.82) is 0 Å². The molecular weight excluding hydrogens is 276 g/mol. The van der Waals surface area contributed by atoms with E-state index in [-0.39, 0.29) is 23.1 Å². The Kier molecular flexibility index (Phi) is 6.01. The van der Waals surface area contributed by atoms with Crippen LogP contribution in [-0.2, 0) is 14.8 Å². The maximum Gasteiger partial charge on any atom is 0.223 e. The van der Waals surface area contributed by atoms with E-state index in [1.54, 1.807) is 6.92 Å². The third-order valence-electron chi connectivity index (χ3n) is 4.57. The topological polar surface area (TPSA) is 66.5 Å². The van der Waals surface area contributed by atoms with Crippen LogP contribution in [0.5, 0.6) is 0 Å². The third kappa shape index (κ3) is 4.19. The molecule has 0 aromatic heterocycles. The van der Waals surface area contributed by atoms with Gasteiger partial charge in [0.2, 0.25) is 15.9 Å². The molecule has 1 aliphatic heterocycles. The molecule has 0 spiro atoms. The Balaban J connectivity index is 2.56. The van der Waals surface area contributed by atoms with E-state index in [0.717, 1.165) is 12.8 Å². The van der Waals surface area contributed by atoms with Gasteiger partial charge in [0.1, 0.15) is 0 Å². The Morgan fingerprint density at radius 3 is 2.10 bits per heavy atom. The molecule has 1 N–H and O–H groups in total. The zero-order valence-corrected chi connectivity index (χ0v) is 13.9. The van der Waals surface area contributed by atoms with Crippen molar-refractivity contribution >= 4 is 15.9 Å². The Bertz CT molecular complexity index is 422. The molecule has 1 amide bonds. The van der Waals surface area contributed by atoms with Crippen molar-refractivity contribution in [2.75, 3.05) is 18.8 Å². The van der Waals surface area contributed by atoms with Crippen molar-refractivity contribution in [3.63, 3.8) is 0 Å². The minimum atomic E-state index is -3.11. The smallest absolute Gasteiger partial charge is 0.223 e. The molecule has 20 heavy (non-hydrogen) atoms. The highest BCUT2D eigenvalue weighted by Crippen LogP contribution is 2.22. The molecule has 1 saturated heterocycles. The van der Waals surface area contributed by atoms with Crippen molar-refractivity contribution in [3.05, 3.63) is 0 Å². The average Bonchev–Trinajstić information content (AvgIpc) is 2.47. The quantitative estimate of drug-likeness (QED) is 0.813. The molecule has 0 unspecified atom stereocenters. The van der Waals surface area contributed by atoms with Gasteiger partial charge in [0.05, 0.1) is 5.75 Å². The second-order valence-electron chi connectivity index (χ2n) is 5.83. The number of piperidine rings is 1. The van der Waals surface area contributed by atoms with Gasteiger partial charge in [0.25, 0.3) is 0 Å². The van der Waals surface area contributed by atoms with Gasteiger partial charge in [-0.05, 0) is 39.5 Å². The number of nitrogens with one attached hydrogen (secondary N) is 1. The minimum absolute atomic E-state index is 0.0595. The standard InChI is InChI=1S/C14H28N2O3S/c1-5-14(4,6-2)15-13(17)12-8-10-16(11-9-12)20(18,19)7-3/h12H,5-11H2,1-4H3,(H,15,17). The van der Waals surface area contributed by atoms with Crippen LogP contribution in [-0.4, -0.2) is 43.0 Å². The average molecular weight is 304 g/mol. The molecule has 6 heteroatoms. The molecule has 118 valence electrons. The predicted octanol–water partition coefficient (Wildman–Crippen LogP) is 1.74. The molecule has 5 nitrogen and oxygen atoms in total. The molecule has 0 aliphatic carbocycles. The van der Waals surface area contributed by atoms with Gasteiger partial charge in [0, 0.05) is 24.5 Å². The van der Waals surface area contributed by atoms with Gasteiger partial charge in [-0.3, -0.25) is 4.79 Å². The molecule has 1 fully saturated rings. The van der Waals surface area contributed by atoms with Crippen molar-refractivity contribution in [3.8, 4) is 0 Å². The molecule has 1 aliphatic rings. The van der Waals surface area contributed by atoms with Gasteiger partial charge >= 0.3 is 0 Å². The molecule has 0 aromatic carbocycles. The van der Waals surface area contributed by atoms with Crippen LogP contribution in [0, 0.1) is 5.92 Å². The highest BCUT2D eigenvalue weighted by atomic mass is 32.2. The summed E-state index contributed by atoms with van der Waals surface area (Å²) in [6, 6.07) is 0. The number of amides is 1. The van der Waals surface area contributed by atoms with E-state index in [9.17, 15) is 13.2 Å². The second kappa shape index (κ2) is 6.89. The summed E-state index contributed by atoms with van der Waals surface area (Å²) in [5, 5.41) is 3.12. The van der Waals surface area contributed by atoms with Crippen LogP contribution < -0.4 is 5.32 Å². The Labute approximate surface area is 123 Å². The Hall–Kier alpha value is -0.620. The first kappa shape index (κ1) is 17.4. The number of sulfonamides is 1. The summed E-state index contributed by atoms with van der Waals surface area (Å²) >= 11 is 0.